The van der Waals surface area contributed by atoms with Crippen molar-refractivity contribution in [3.05, 3.63) is 0 Å². The Labute approximate surface area is 356 Å². The Morgan fingerprint density at radius 2 is 0.754 bits per heavy atom. The summed E-state index contributed by atoms with van der Waals surface area (Å²) in [5.74, 6) is 1.70. The molecule has 0 spiro atoms. The maximum atomic E-state index is 8.36. The molecule has 0 aliphatic carbocycles. The third-order valence-corrected chi connectivity index (χ3v) is 12.2. The van der Waals surface area contributed by atoms with Crippen molar-refractivity contribution in [2.24, 2.45) is 11.8 Å². The predicted octanol–water partition coefficient (Wildman–Crippen LogP) is 15.4. The van der Waals surface area contributed by atoms with Crippen molar-refractivity contribution in [2.75, 3.05) is 27.2 Å². The van der Waals surface area contributed by atoms with E-state index in [9.17, 15) is 0 Å². The number of hydrogen-bond acceptors (Lipinski definition) is 5. The Morgan fingerprint density at radius 1 is 0.491 bits per heavy atom. The van der Waals surface area contributed by atoms with Crippen molar-refractivity contribution in [1.29, 1.82) is 0 Å². The van der Waals surface area contributed by atoms with Crippen molar-refractivity contribution < 1.29 is 29.3 Å². The van der Waals surface area contributed by atoms with Gasteiger partial charge in [-0.25, -0.2) is 0 Å². The number of rotatable bonds is 40. The Hall–Kier alpha value is -1.18. The van der Waals surface area contributed by atoms with Gasteiger partial charge < -0.3 is 24.6 Å². The van der Waals surface area contributed by atoms with Crippen LogP contribution < -0.4 is 0 Å². The minimum atomic E-state index is -0.309. The lowest BCUT2D eigenvalue weighted by Gasteiger charge is -2.29. The van der Waals surface area contributed by atoms with E-state index in [0.29, 0.717) is 0 Å². The third kappa shape index (κ3) is 40.0. The van der Waals surface area contributed by atoms with E-state index >= 15 is 0 Å². The van der Waals surface area contributed by atoms with Gasteiger partial charge in [0, 0.05) is 19.4 Å². The first-order valence-electron chi connectivity index (χ1n) is 24.9. The molecule has 57 heavy (non-hydrogen) atoms. The average molecular weight is 812 g/mol. The molecule has 1 rings (SSSR count). The first kappa shape index (κ1) is 57.9. The largest absolute Gasteiger partial charge is 0.483 e. The van der Waals surface area contributed by atoms with Gasteiger partial charge in [-0.2, -0.15) is 0 Å². The minimum Gasteiger partial charge on any atom is -0.483 e. The van der Waals surface area contributed by atoms with Gasteiger partial charge in [0.25, 0.3) is 12.9 Å². The van der Waals surface area contributed by atoms with Crippen LogP contribution in [0.15, 0.2) is 0 Å². The van der Waals surface area contributed by atoms with E-state index in [-0.39, 0.29) is 24.8 Å². The molecule has 7 nitrogen and oxygen atoms in total. The molecular formula is C50H101NO6. The van der Waals surface area contributed by atoms with Crippen molar-refractivity contribution in [1.82, 2.24) is 4.90 Å². The molecule has 1 aliphatic rings. The van der Waals surface area contributed by atoms with E-state index in [1.807, 2.05) is 0 Å². The first-order valence-corrected chi connectivity index (χ1v) is 24.9. The quantitative estimate of drug-likeness (QED) is 0.0470. The predicted molar refractivity (Wildman–Crippen MR) is 245 cm³/mol. The molecular weight excluding hydrogens is 711 g/mol. The van der Waals surface area contributed by atoms with Crippen LogP contribution in [0.5, 0.6) is 0 Å². The van der Waals surface area contributed by atoms with Gasteiger partial charge in [-0.15, -0.1) is 0 Å². The van der Waals surface area contributed by atoms with Gasteiger partial charge in [-0.05, 0) is 38.8 Å². The zero-order valence-corrected chi connectivity index (χ0v) is 39.2. The van der Waals surface area contributed by atoms with Crippen molar-refractivity contribution in [3.63, 3.8) is 0 Å². The minimum absolute atomic E-state index is 0.232. The van der Waals surface area contributed by atoms with Crippen LogP contribution in [-0.4, -0.2) is 67.2 Å². The lowest BCUT2D eigenvalue weighted by molar-refractivity contribution is -0.180. The van der Waals surface area contributed by atoms with Crippen molar-refractivity contribution in [2.45, 2.75) is 271 Å². The molecule has 0 saturated carbocycles. The van der Waals surface area contributed by atoms with E-state index in [4.69, 9.17) is 29.3 Å². The fourth-order valence-corrected chi connectivity index (χ4v) is 8.88. The summed E-state index contributed by atoms with van der Waals surface area (Å²) in [7, 11) is 4.31. The molecule has 1 heterocycles. The van der Waals surface area contributed by atoms with E-state index in [1.54, 1.807) is 0 Å². The molecule has 1 aliphatic heterocycles. The van der Waals surface area contributed by atoms with E-state index in [0.717, 1.165) is 37.8 Å². The van der Waals surface area contributed by atoms with Gasteiger partial charge >= 0.3 is 0 Å². The zero-order valence-electron chi connectivity index (χ0n) is 39.2. The van der Waals surface area contributed by atoms with Gasteiger partial charge in [0.1, 0.15) is 0 Å². The van der Waals surface area contributed by atoms with Gasteiger partial charge in [-0.3, -0.25) is 9.59 Å². The molecule has 0 aromatic heterocycles. The highest BCUT2D eigenvalue weighted by molar-refractivity contribution is 5.33. The van der Waals surface area contributed by atoms with Crippen LogP contribution in [0.2, 0.25) is 0 Å². The Balaban J connectivity index is 0. The van der Waals surface area contributed by atoms with Crippen LogP contribution >= 0.6 is 0 Å². The van der Waals surface area contributed by atoms with E-state index in [1.165, 1.54) is 218 Å². The van der Waals surface area contributed by atoms with Gasteiger partial charge in [-0.1, -0.05) is 233 Å². The van der Waals surface area contributed by atoms with Crippen LogP contribution in [0, 0.1) is 11.8 Å². The lowest BCUT2D eigenvalue weighted by Crippen LogP contribution is -2.33. The summed E-state index contributed by atoms with van der Waals surface area (Å²) in [4.78, 5) is 19.0. The highest BCUT2D eigenvalue weighted by Crippen LogP contribution is 2.35. The van der Waals surface area contributed by atoms with Gasteiger partial charge in [0.05, 0.1) is 12.7 Å². The van der Waals surface area contributed by atoms with Crippen LogP contribution in [-0.2, 0) is 19.1 Å². The summed E-state index contributed by atoms with van der Waals surface area (Å²) in [6.45, 7) is 10.6. The second-order valence-corrected chi connectivity index (χ2v) is 17.9. The Kier molecular flexibility index (Phi) is 46.6. The number of unbranched alkanes of at least 4 members (excludes halogenated alkanes) is 22. The molecule has 0 amide bonds. The zero-order chi connectivity index (χ0) is 42.5. The van der Waals surface area contributed by atoms with Crippen LogP contribution in [0.3, 0.4) is 0 Å². The number of carboxylic acid groups (broad SMARTS) is 2. The molecule has 7 heteroatoms. The second-order valence-electron chi connectivity index (χ2n) is 17.9. The number of carbonyl (C=O) groups is 2. The van der Waals surface area contributed by atoms with Gasteiger partial charge in [0.2, 0.25) is 0 Å². The highest BCUT2D eigenvalue weighted by atomic mass is 16.7. The van der Waals surface area contributed by atoms with E-state index in [2.05, 4.69) is 46.7 Å². The summed E-state index contributed by atoms with van der Waals surface area (Å²) in [6.07, 6.45) is 50.7. The lowest BCUT2D eigenvalue weighted by atomic mass is 9.90. The van der Waals surface area contributed by atoms with Crippen LogP contribution in [0.25, 0.3) is 0 Å². The Morgan fingerprint density at radius 3 is 1.04 bits per heavy atom. The van der Waals surface area contributed by atoms with Crippen LogP contribution in [0.1, 0.15) is 259 Å². The van der Waals surface area contributed by atoms with E-state index < -0.39 is 0 Å². The fraction of sp³-hybridized carbons (Fsp3) is 0.960. The molecule has 1 atom stereocenters. The molecule has 0 radical (unpaired) electrons. The summed E-state index contributed by atoms with van der Waals surface area (Å²) in [5.41, 5.74) is 0. The summed E-state index contributed by atoms with van der Waals surface area (Å²) < 4.78 is 13.2. The van der Waals surface area contributed by atoms with Gasteiger partial charge in [0.15, 0.2) is 5.79 Å². The van der Waals surface area contributed by atoms with Crippen molar-refractivity contribution in [3.8, 4) is 0 Å². The monoisotopic (exact) mass is 812 g/mol. The number of nitrogens with zero attached hydrogens (tertiary/aromatic N) is 1. The fourth-order valence-electron chi connectivity index (χ4n) is 8.88. The summed E-state index contributed by atoms with van der Waals surface area (Å²) >= 11 is 0. The highest BCUT2D eigenvalue weighted by Gasteiger charge is 2.40. The Bertz CT molecular complexity index is 725. The summed E-state index contributed by atoms with van der Waals surface area (Å²) in [6, 6.07) is 0. The average Bonchev–Trinajstić information content (AvgIpc) is 3.58. The van der Waals surface area contributed by atoms with Crippen molar-refractivity contribution >= 4 is 12.9 Å². The smallest absolute Gasteiger partial charge is 0.290 e. The summed E-state index contributed by atoms with van der Waals surface area (Å²) in [5, 5.41) is 13.8. The molecule has 0 bridgehead atoms. The number of hydrogen-bond donors (Lipinski definition) is 2. The molecule has 1 fully saturated rings. The number of likely N-dealkylation sites (N-methyl/N-ethyl adjacent to an activating group) is 1. The second kappa shape index (κ2) is 45.9. The maximum absolute atomic E-state index is 8.36. The molecule has 342 valence electrons. The third-order valence-electron chi connectivity index (χ3n) is 12.2. The topological polar surface area (TPSA) is 96.3 Å². The SMILES string of the molecule is CCCCCC(CCCCC)CCCCCCCCCCC1(CCCCCCCCCCC(CCCCC)CCCCC)OCC(CN(C)C)O1.O=CO.O=CO. The number of ether oxygens (including phenoxy) is 2. The molecule has 0 aromatic carbocycles. The standard InChI is InChI=1S/C48H97NO2.2CH2O2/c1-7-11-27-35-45(36-28-12-8-2)39-31-23-19-15-17-21-25-33-41-48(50-44-47(51-48)43-49(5)6)42-34-26-22-18-16-20-24-32-40-46(37-29-13-9-3)38-30-14-10-4;2*2-1-3/h45-47H,7-44H2,1-6H3;2*1H,(H,2,3). The maximum Gasteiger partial charge on any atom is 0.290 e. The van der Waals surface area contributed by atoms with Crippen LogP contribution in [0.4, 0.5) is 0 Å². The molecule has 2 N–H and O–H groups in total. The first-order chi connectivity index (χ1) is 27.8. The molecule has 1 unspecified atom stereocenters. The molecule has 1 saturated heterocycles. The normalized spacial score (nSPS) is 14.8. The molecule has 0 aromatic rings.